The summed E-state index contributed by atoms with van der Waals surface area (Å²) >= 11 is 0. The molecule has 0 bridgehead atoms. The Balaban J connectivity index is 1.19. The van der Waals surface area contributed by atoms with Crippen molar-refractivity contribution in [3.05, 3.63) is 230 Å². The van der Waals surface area contributed by atoms with E-state index in [0.29, 0.717) is 5.92 Å². The van der Waals surface area contributed by atoms with E-state index < -0.39 is 0 Å². The molecule has 0 aliphatic carbocycles. The summed E-state index contributed by atoms with van der Waals surface area (Å²) in [5, 5.41) is 17.1. The molecule has 0 aliphatic rings. The van der Waals surface area contributed by atoms with Crippen molar-refractivity contribution in [2.75, 3.05) is 9.80 Å². The smallest absolute Gasteiger partial charge is 0.0546 e. The van der Waals surface area contributed by atoms with Crippen molar-refractivity contribution in [1.82, 2.24) is 0 Å². The minimum absolute atomic E-state index is 0.356. The van der Waals surface area contributed by atoms with Crippen molar-refractivity contribution < 1.29 is 0 Å². The van der Waals surface area contributed by atoms with Gasteiger partial charge in [0, 0.05) is 33.5 Å². The van der Waals surface area contributed by atoms with Crippen LogP contribution in [0.4, 0.5) is 34.1 Å². The van der Waals surface area contributed by atoms with Crippen molar-refractivity contribution in [2.45, 2.75) is 26.7 Å². The van der Waals surface area contributed by atoms with Crippen LogP contribution in [0.2, 0.25) is 0 Å². The lowest BCUT2D eigenvalue weighted by Gasteiger charge is -2.30. The number of fused-ring (bicyclic) bond motifs is 9. The van der Waals surface area contributed by atoms with Crippen LogP contribution in [0, 0.1) is 6.92 Å². The van der Waals surface area contributed by atoms with Crippen LogP contribution in [0.15, 0.2) is 218 Å². The number of rotatable bonds is 7. The van der Waals surface area contributed by atoms with Crippen LogP contribution in [-0.2, 0) is 0 Å². The molecule has 0 saturated carbocycles. The van der Waals surface area contributed by atoms with E-state index in [1.54, 1.807) is 0 Å². The predicted octanol–water partition coefficient (Wildman–Crippen LogP) is 18.1. The summed E-state index contributed by atoms with van der Waals surface area (Å²) in [6.07, 6.45) is 0. The predicted molar refractivity (Wildman–Crippen MR) is 277 cm³/mol. The van der Waals surface area contributed by atoms with Crippen molar-refractivity contribution in [2.24, 2.45) is 0 Å². The van der Waals surface area contributed by atoms with E-state index >= 15 is 0 Å². The number of aryl methyl sites for hydroxylation is 1. The molecule has 0 spiro atoms. The highest BCUT2D eigenvalue weighted by molar-refractivity contribution is 6.25. The zero-order valence-electron chi connectivity index (χ0n) is 36.3. The molecule has 0 atom stereocenters. The van der Waals surface area contributed by atoms with Gasteiger partial charge in [0.25, 0.3) is 0 Å². The molecule has 2 heteroatoms. The Bertz CT molecular complexity index is 3650. The van der Waals surface area contributed by atoms with E-state index in [9.17, 15) is 0 Å². The topological polar surface area (TPSA) is 6.48 Å². The third-order valence-electron chi connectivity index (χ3n) is 13.3. The fourth-order valence-electron chi connectivity index (χ4n) is 9.99. The van der Waals surface area contributed by atoms with Gasteiger partial charge >= 0.3 is 0 Å². The zero-order chi connectivity index (χ0) is 42.9. The summed E-state index contributed by atoms with van der Waals surface area (Å²) in [4.78, 5) is 4.98. The van der Waals surface area contributed by atoms with Gasteiger partial charge in [-0.3, -0.25) is 0 Å². The van der Waals surface area contributed by atoms with E-state index in [-0.39, 0.29) is 0 Å². The van der Waals surface area contributed by atoms with Gasteiger partial charge in [-0.05, 0) is 156 Å². The first-order valence-corrected chi connectivity index (χ1v) is 22.4. The Morgan fingerprint density at radius 2 is 0.625 bits per heavy atom. The number of anilines is 6. The van der Waals surface area contributed by atoms with Gasteiger partial charge in [-0.25, -0.2) is 0 Å². The second-order valence-corrected chi connectivity index (χ2v) is 17.7. The van der Waals surface area contributed by atoms with Crippen LogP contribution < -0.4 is 9.80 Å². The third-order valence-corrected chi connectivity index (χ3v) is 13.3. The highest BCUT2D eigenvalue weighted by Gasteiger charge is 2.24. The summed E-state index contributed by atoms with van der Waals surface area (Å²) in [7, 11) is 0. The average Bonchev–Trinajstić information content (AvgIpc) is 3.34. The minimum atomic E-state index is 0.356. The first-order chi connectivity index (χ1) is 31.4. The maximum atomic E-state index is 2.50. The molecule has 0 saturated heterocycles. The number of hydrogen-bond donors (Lipinski definition) is 0. The summed E-state index contributed by atoms with van der Waals surface area (Å²) in [5.74, 6) is 0.356. The molecular formula is C62H46N2. The molecule has 0 fully saturated rings. The highest BCUT2D eigenvalue weighted by Crippen LogP contribution is 2.49. The van der Waals surface area contributed by atoms with E-state index in [4.69, 9.17) is 0 Å². The Labute approximate surface area is 373 Å². The lowest BCUT2D eigenvalue weighted by Crippen LogP contribution is -2.12. The van der Waals surface area contributed by atoms with Gasteiger partial charge in [-0.1, -0.05) is 165 Å². The van der Waals surface area contributed by atoms with Gasteiger partial charge in [-0.15, -0.1) is 0 Å². The lowest BCUT2D eigenvalue weighted by atomic mass is 9.90. The van der Waals surface area contributed by atoms with Crippen LogP contribution >= 0.6 is 0 Å². The molecular weight excluding hydrogens is 773 g/mol. The molecule has 304 valence electrons. The quantitative estimate of drug-likeness (QED) is 0.148. The van der Waals surface area contributed by atoms with Gasteiger partial charge in [0.05, 0.1) is 11.4 Å². The maximum Gasteiger partial charge on any atom is 0.0546 e. The molecule has 12 aromatic carbocycles. The fraction of sp³-hybridized carbons (Fsp3) is 0.0645. The summed E-state index contributed by atoms with van der Waals surface area (Å²) in [6, 6.07) is 81.4. The Kier molecular flexibility index (Phi) is 8.95. The van der Waals surface area contributed by atoms with Crippen LogP contribution in [0.3, 0.4) is 0 Å². The first-order valence-electron chi connectivity index (χ1n) is 22.4. The molecule has 0 heterocycles. The van der Waals surface area contributed by atoms with Crippen LogP contribution in [0.25, 0.3) is 75.4 Å². The second-order valence-electron chi connectivity index (χ2n) is 17.7. The monoisotopic (exact) mass is 818 g/mol. The Hall–Kier alpha value is -7.94. The van der Waals surface area contributed by atoms with Crippen LogP contribution in [0.1, 0.15) is 30.9 Å². The maximum absolute atomic E-state index is 2.50. The van der Waals surface area contributed by atoms with Crippen molar-refractivity contribution in [1.29, 1.82) is 0 Å². The number of benzene rings is 12. The molecule has 12 aromatic rings. The molecule has 64 heavy (non-hydrogen) atoms. The van der Waals surface area contributed by atoms with Crippen LogP contribution in [-0.4, -0.2) is 0 Å². The molecule has 0 aromatic heterocycles. The summed E-state index contributed by atoms with van der Waals surface area (Å²) in [6.45, 7) is 6.81. The standard InChI is InChI=1S/C62H46N2/c1-40(2)46-25-31-56-58-38-61(63(51-26-21-42-12-4-8-16-47(42)33-51)52-27-22-43-13-5-9-17-48(43)34-52)59-32-41(3)20-30-55(59)57(58)39-62(60(56)37-46)64(53-28-23-44-14-6-10-18-49(44)35-53)54-29-24-45-15-7-11-19-50(45)36-54/h4-40H,1-3H3. The molecule has 0 aliphatic heterocycles. The molecule has 0 amide bonds. The molecule has 0 N–H and O–H groups in total. The zero-order valence-corrected chi connectivity index (χ0v) is 36.3. The second kappa shape index (κ2) is 15.1. The number of hydrogen-bond acceptors (Lipinski definition) is 2. The first kappa shape index (κ1) is 37.8. The largest absolute Gasteiger partial charge is 0.310 e. The van der Waals surface area contributed by atoms with E-state index in [1.807, 2.05) is 0 Å². The molecule has 0 unspecified atom stereocenters. The van der Waals surface area contributed by atoms with E-state index in [0.717, 1.165) is 34.1 Å². The third kappa shape index (κ3) is 6.41. The average molecular weight is 819 g/mol. The normalized spacial score (nSPS) is 11.8. The fourth-order valence-corrected chi connectivity index (χ4v) is 9.99. The Morgan fingerprint density at radius 3 is 1.00 bits per heavy atom. The van der Waals surface area contributed by atoms with Crippen LogP contribution in [0.5, 0.6) is 0 Å². The number of nitrogens with zero attached hydrogens (tertiary/aromatic N) is 2. The van der Waals surface area contributed by atoms with Crippen molar-refractivity contribution in [3.8, 4) is 0 Å². The highest BCUT2D eigenvalue weighted by atomic mass is 15.2. The van der Waals surface area contributed by atoms with E-state index in [2.05, 4.69) is 249 Å². The van der Waals surface area contributed by atoms with Gasteiger partial charge in [0.2, 0.25) is 0 Å². The van der Waals surface area contributed by atoms with Crippen molar-refractivity contribution >= 4 is 110 Å². The van der Waals surface area contributed by atoms with Gasteiger partial charge < -0.3 is 9.80 Å². The lowest BCUT2D eigenvalue weighted by molar-refractivity contribution is 0.869. The van der Waals surface area contributed by atoms with Gasteiger partial charge in [-0.2, -0.15) is 0 Å². The molecule has 12 rings (SSSR count). The van der Waals surface area contributed by atoms with Gasteiger partial charge in [0.1, 0.15) is 0 Å². The summed E-state index contributed by atoms with van der Waals surface area (Å²) < 4.78 is 0. The van der Waals surface area contributed by atoms with Gasteiger partial charge in [0.15, 0.2) is 0 Å². The van der Waals surface area contributed by atoms with E-state index in [1.165, 1.54) is 86.5 Å². The summed E-state index contributed by atoms with van der Waals surface area (Å²) in [5.41, 5.74) is 9.35. The minimum Gasteiger partial charge on any atom is -0.310 e. The molecule has 0 radical (unpaired) electrons. The van der Waals surface area contributed by atoms with Crippen molar-refractivity contribution in [3.63, 3.8) is 0 Å². The SMILES string of the molecule is Cc1ccc2c(c1)c(N(c1ccc3ccccc3c1)c1ccc3ccccc3c1)cc1c3ccc(C(C)C)cc3c(N(c3ccc4ccccc4c3)c3ccc4ccccc4c3)cc21. The Morgan fingerprint density at radius 1 is 0.281 bits per heavy atom. The molecule has 2 nitrogen and oxygen atoms in total.